The molecule has 11 N–H and O–H groups in total. The van der Waals surface area contributed by atoms with Crippen molar-refractivity contribution in [2.75, 3.05) is 19.6 Å². The van der Waals surface area contributed by atoms with E-state index in [-0.39, 0.29) is 56.9 Å². The number of ketones is 1. The fourth-order valence-corrected chi connectivity index (χ4v) is 7.04. The van der Waals surface area contributed by atoms with Crippen molar-refractivity contribution in [2.24, 2.45) is 22.4 Å². The molecule has 19 nitrogen and oxygen atoms in total. The third-order valence-electron chi connectivity index (χ3n) is 10.7. The summed E-state index contributed by atoms with van der Waals surface area (Å²) in [7, 11) is 0. The van der Waals surface area contributed by atoms with Gasteiger partial charge in [-0.1, -0.05) is 68.8 Å². The molecule has 0 spiro atoms. The summed E-state index contributed by atoms with van der Waals surface area (Å²) in [6.07, 6.45) is 3.78. The van der Waals surface area contributed by atoms with E-state index in [0.717, 1.165) is 11.6 Å². The second-order valence-corrected chi connectivity index (χ2v) is 15.5. The standard InChI is InChI=1S/C43H58N10O9/c1-4-25(2)36-40(60)49-29(22-28-14-17-30(54)18-15-28)16-19-34(55)47-24-32(51-38(58)26(3)48-35(56)23-27-10-6-5-7-11-27)42(62)53-21-9-13-33(53)39(59)50-31(37(57)41(61)52-36)12-8-20-46-43(44)45/h5-7,10-11,14-19,25-26,29,31-33,36,54H,4,8-9,12-13,20-24H2,1-3H3,(H,47,55)(H,48,56)(H,49,60)(H,50,59)(H,51,58)(H,52,61)(H4,44,45,46)/b19-16+. The number of guanidine groups is 1. The Labute approximate surface area is 360 Å². The molecule has 2 heterocycles. The Hall–Kier alpha value is -6.79. The van der Waals surface area contributed by atoms with Gasteiger partial charge >= 0.3 is 0 Å². The average Bonchev–Trinajstić information content (AvgIpc) is 3.74. The quantitative estimate of drug-likeness (QED) is 0.0508. The maximum atomic E-state index is 14.3. The number of phenolic OH excluding ortho intramolecular Hbond substituents is 1. The summed E-state index contributed by atoms with van der Waals surface area (Å²) in [6, 6.07) is 7.95. The zero-order valence-electron chi connectivity index (χ0n) is 35.2. The first-order valence-corrected chi connectivity index (χ1v) is 20.7. The minimum atomic E-state index is -1.42. The van der Waals surface area contributed by atoms with Crippen LogP contribution in [0.4, 0.5) is 0 Å². The fraction of sp³-hybridized carbons (Fsp3) is 0.465. The number of amides is 7. The Balaban J connectivity index is 1.68. The molecule has 2 aliphatic heterocycles. The van der Waals surface area contributed by atoms with Crippen LogP contribution >= 0.6 is 0 Å². The molecule has 62 heavy (non-hydrogen) atoms. The first kappa shape index (κ1) is 47.9. The molecule has 0 saturated carbocycles. The molecule has 7 atom stereocenters. The van der Waals surface area contributed by atoms with Gasteiger partial charge in [-0.05, 0) is 68.2 Å². The van der Waals surface area contributed by atoms with Crippen molar-refractivity contribution < 1.29 is 43.5 Å². The van der Waals surface area contributed by atoms with Crippen LogP contribution in [0.15, 0.2) is 71.7 Å². The van der Waals surface area contributed by atoms with Gasteiger partial charge in [0.15, 0.2) is 5.96 Å². The SMILES string of the molecule is CCC(C)C1NC(=O)C(=O)C(CCCN=C(N)N)NC(=O)C2CCCN2C(=O)C(NC(=O)C(C)NC(=O)Cc2ccccc2)CNC(=O)/C=C/C(Cc2ccc(O)cc2)NC1=O. The molecule has 1 fully saturated rings. The Morgan fingerprint density at radius 3 is 2.32 bits per heavy atom. The van der Waals surface area contributed by atoms with Gasteiger partial charge in [0.2, 0.25) is 41.2 Å². The number of nitrogens with two attached hydrogens (primary N) is 2. The van der Waals surface area contributed by atoms with Crippen LogP contribution in [0.1, 0.15) is 64.0 Å². The molecule has 334 valence electrons. The van der Waals surface area contributed by atoms with Crippen LogP contribution in [0.25, 0.3) is 0 Å². The fourth-order valence-electron chi connectivity index (χ4n) is 7.04. The number of Topliss-reactive ketones (excluding diaryl/α,β-unsaturated/α-hetero) is 1. The molecule has 19 heteroatoms. The number of rotatable bonds is 13. The second-order valence-electron chi connectivity index (χ2n) is 15.5. The lowest BCUT2D eigenvalue weighted by atomic mass is 9.96. The number of benzene rings is 2. The Bertz CT molecular complexity index is 1990. The van der Waals surface area contributed by atoms with Crippen molar-refractivity contribution >= 4 is 53.1 Å². The zero-order valence-corrected chi connectivity index (χ0v) is 35.2. The van der Waals surface area contributed by atoms with Gasteiger partial charge in [0.25, 0.3) is 5.91 Å². The highest BCUT2D eigenvalue weighted by atomic mass is 16.3. The van der Waals surface area contributed by atoms with E-state index in [9.17, 15) is 43.5 Å². The number of aromatic hydroxyl groups is 1. The van der Waals surface area contributed by atoms with E-state index in [1.807, 2.05) is 0 Å². The molecule has 4 rings (SSSR count). The number of nitrogens with one attached hydrogen (secondary N) is 6. The summed E-state index contributed by atoms with van der Waals surface area (Å²) in [6.45, 7) is 4.69. The zero-order chi connectivity index (χ0) is 45.3. The number of carbonyl (C=O) groups is 8. The monoisotopic (exact) mass is 858 g/mol. The van der Waals surface area contributed by atoms with Crippen LogP contribution < -0.4 is 43.4 Å². The van der Waals surface area contributed by atoms with Crippen LogP contribution in [-0.4, -0.2) is 119 Å². The van der Waals surface area contributed by atoms with E-state index in [0.29, 0.717) is 18.4 Å². The molecule has 0 radical (unpaired) electrons. The lowest BCUT2D eigenvalue weighted by Gasteiger charge is -2.30. The van der Waals surface area contributed by atoms with Crippen LogP contribution in [0.3, 0.4) is 0 Å². The van der Waals surface area contributed by atoms with Crippen LogP contribution in [0.5, 0.6) is 5.75 Å². The summed E-state index contributed by atoms with van der Waals surface area (Å²) < 4.78 is 0. The third kappa shape index (κ3) is 14.4. The average molecular weight is 859 g/mol. The van der Waals surface area contributed by atoms with Crippen LogP contribution in [-0.2, 0) is 51.2 Å². The van der Waals surface area contributed by atoms with Gasteiger partial charge in [0.1, 0.15) is 29.9 Å². The third-order valence-corrected chi connectivity index (χ3v) is 10.7. The van der Waals surface area contributed by atoms with Crippen molar-refractivity contribution in [3.63, 3.8) is 0 Å². The molecule has 0 aliphatic carbocycles. The summed E-state index contributed by atoms with van der Waals surface area (Å²) in [5.41, 5.74) is 12.3. The van der Waals surface area contributed by atoms with E-state index in [1.165, 1.54) is 30.0 Å². The Kier molecular flexibility index (Phi) is 18.0. The van der Waals surface area contributed by atoms with Crippen LogP contribution in [0.2, 0.25) is 0 Å². The number of aliphatic imine (C=N–C) groups is 1. The molecule has 2 aromatic rings. The minimum absolute atomic E-state index is 0.000294. The largest absolute Gasteiger partial charge is 0.508 e. The number of nitrogens with zero attached hydrogens (tertiary/aromatic N) is 2. The molecule has 2 aliphatic rings. The van der Waals surface area contributed by atoms with Crippen molar-refractivity contribution in [1.29, 1.82) is 0 Å². The lowest BCUT2D eigenvalue weighted by Crippen LogP contribution is -2.60. The Morgan fingerprint density at radius 1 is 0.935 bits per heavy atom. The molecule has 0 aromatic heterocycles. The van der Waals surface area contributed by atoms with E-state index in [2.05, 4.69) is 36.9 Å². The maximum Gasteiger partial charge on any atom is 0.290 e. The highest BCUT2D eigenvalue weighted by molar-refractivity contribution is 6.38. The van der Waals surface area contributed by atoms with Gasteiger partial charge in [-0.25, -0.2) is 0 Å². The van der Waals surface area contributed by atoms with E-state index in [1.54, 1.807) is 56.3 Å². The molecular formula is C43H58N10O9. The van der Waals surface area contributed by atoms with Gasteiger partial charge in [-0.3, -0.25) is 43.3 Å². The number of hydrogen-bond donors (Lipinski definition) is 9. The molecular weight excluding hydrogens is 801 g/mol. The van der Waals surface area contributed by atoms with Gasteiger partial charge in [0.05, 0.1) is 18.5 Å². The summed E-state index contributed by atoms with van der Waals surface area (Å²) >= 11 is 0. The predicted molar refractivity (Wildman–Crippen MR) is 229 cm³/mol. The summed E-state index contributed by atoms with van der Waals surface area (Å²) in [4.78, 5) is 115. The topological polar surface area (TPSA) is 297 Å². The van der Waals surface area contributed by atoms with Crippen molar-refractivity contribution in [1.82, 2.24) is 36.8 Å². The number of carbonyl (C=O) groups excluding carboxylic acids is 8. The number of hydrogen-bond acceptors (Lipinski definition) is 10. The van der Waals surface area contributed by atoms with E-state index >= 15 is 0 Å². The van der Waals surface area contributed by atoms with Crippen molar-refractivity contribution in [3.05, 3.63) is 77.9 Å². The van der Waals surface area contributed by atoms with Crippen molar-refractivity contribution in [2.45, 2.75) is 102 Å². The molecule has 2 aromatic carbocycles. The van der Waals surface area contributed by atoms with Gasteiger partial charge in [-0.2, -0.15) is 0 Å². The molecule has 0 bridgehead atoms. The molecule has 7 unspecified atom stereocenters. The highest BCUT2D eigenvalue weighted by Gasteiger charge is 2.40. The Morgan fingerprint density at radius 2 is 1.65 bits per heavy atom. The normalized spacial score (nSPS) is 23.1. The van der Waals surface area contributed by atoms with E-state index < -0.39 is 95.8 Å². The highest BCUT2D eigenvalue weighted by Crippen LogP contribution is 2.20. The number of phenols is 1. The molecule has 7 amide bonds. The van der Waals surface area contributed by atoms with Crippen molar-refractivity contribution in [3.8, 4) is 5.75 Å². The van der Waals surface area contributed by atoms with Gasteiger partial charge < -0.3 is 53.4 Å². The van der Waals surface area contributed by atoms with Crippen LogP contribution in [0, 0.1) is 5.92 Å². The summed E-state index contributed by atoms with van der Waals surface area (Å²) in [5, 5.41) is 25.7. The predicted octanol–water partition coefficient (Wildman–Crippen LogP) is -1.03. The summed E-state index contributed by atoms with van der Waals surface area (Å²) in [5.74, 6) is -6.81. The minimum Gasteiger partial charge on any atom is -0.508 e. The maximum absolute atomic E-state index is 14.3. The number of fused-ring (bicyclic) bond motifs is 1. The van der Waals surface area contributed by atoms with E-state index in [4.69, 9.17) is 11.5 Å². The smallest absolute Gasteiger partial charge is 0.290 e. The second kappa shape index (κ2) is 23.3. The van der Waals surface area contributed by atoms with Gasteiger partial charge in [-0.15, -0.1) is 0 Å². The lowest BCUT2D eigenvalue weighted by molar-refractivity contribution is -0.144. The first-order chi connectivity index (χ1) is 29.6. The first-order valence-electron chi connectivity index (χ1n) is 20.7. The molecule has 1 saturated heterocycles. The van der Waals surface area contributed by atoms with Gasteiger partial charge in [0, 0.05) is 25.7 Å².